The molecule has 34 heavy (non-hydrogen) atoms. The van der Waals surface area contributed by atoms with Crippen LogP contribution in [0.2, 0.25) is 0 Å². The van der Waals surface area contributed by atoms with Gasteiger partial charge in [-0.3, -0.25) is 4.79 Å². The molecule has 2 heterocycles. The number of hydrogen-bond acceptors (Lipinski definition) is 8. The highest BCUT2D eigenvalue weighted by Gasteiger charge is 2.54. The van der Waals surface area contributed by atoms with E-state index in [4.69, 9.17) is 9.15 Å². The van der Waals surface area contributed by atoms with Crippen LogP contribution in [0.4, 0.5) is 5.00 Å². The van der Waals surface area contributed by atoms with Crippen molar-refractivity contribution in [2.75, 3.05) is 17.7 Å². The number of esters is 1. The van der Waals surface area contributed by atoms with Crippen molar-refractivity contribution in [2.45, 2.75) is 81.8 Å². The minimum Gasteiger partial charge on any atom is -0.462 e. The molecule has 7 nitrogen and oxygen atoms in total. The van der Waals surface area contributed by atoms with Gasteiger partial charge < -0.3 is 14.5 Å². The van der Waals surface area contributed by atoms with Gasteiger partial charge in [0.2, 0.25) is 11.8 Å². The Kier molecular flexibility index (Phi) is 5.96. The number of hydrogen-bond donors (Lipinski definition) is 1. The monoisotopic (exact) mass is 501 g/mol. The number of aryl methyl sites for hydroxylation is 1. The molecule has 5 aliphatic rings. The predicted octanol–water partition coefficient (Wildman–Crippen LogP) is 5.39. The molecular weight excluding hydrogens is 470 g/mol. The van der Waals surface area contributed by atoms with Crippen LogP contribution in [0.25, 0.3) is 0 Å². The topological polar surface area (TPSA) is 94.3 Å². The van der Waals surface area contributed by atoms with Crippen molar-refractivity contribution < 1.29 is 18.7 Å². The molecule has 5 aliphatic carbocycles. The number of ether oxygens (including phenoxy) is 1. The summed E-state index contributed by atoms with van der Waals surface area (Å²) in [5.41, 5.74) is 1.66. The average Bonchev–Trinajstić information content (AvgIpc) is 3.42. The third kappa shape index (κ3) is 4.08. The molecule has 0 spiro atoms. The Morgan fingerprint density at radius 2 is 1.82 bits per heavy atom. The quantitative estimate of drug-likeness (QED) is 0.402. The van der Waals surface area contributed by atoms with E-state index < -0.39 is 0 Å². The van der Waals surface area contributed by atoms with Gasteiger partial charge >= 0.3 is 5.97 Å². The number of fused-ring (bicyclic) bond motifs is 1. The third-order valence-corrected chi connectivity index (χ3v) is 10.2. The highest BCUT2D eigenvalue weighted by atomic mass is 32.2. The molecule has 4 saturated carbocycles. The highest BCUT2D eigenvalue weighted by Crippen LogP contribution is 2.60. The highest BCUT2D eigenvalue weighted by molar-refractivity contribution is 7.99. The number of thiophene rings is 1. The minimum atomic E-state index is -0.345. The van der Waals surface area contributed by atoms with E-state index in [-0.39, 0.29) is 23.0 Å². The fraction of sp³-hybridized carbons (Fsp3) is 0.680. The van der Waals surface area contributed by atoms with Crippen molar-refractivity contribution in [3.63, 3.8) is 0 Å². The summed E-state index contributed by atoms with van der Waals surface area (Å²) in [5, 5.41) is 12.7. The molecule has 7 rings (SSSR count). The molecule has 4 bridgehead atoms. The normalized spacial score (nSPS) is 29.1. The van der Waals surface area contributed by atoms with Gasteiger partial charge in [0.15, 0.2) is 0 Å². The number of amides is 1. The van der Waals surface area contributed by atoms with Crippen LogP contribution in [0.5, 0.6) is 0 Å². The van der Waals surface area contributed by atoms with E-state index in [0.29, 0.717) is 22.4 Å². The molecule has 0 aliphatic heterocycles. The Bertz CT molecular complexity index is 1070. The molecule has 1 N–H and O–H groups in total. The first kappa shape index (κ1) is 22.6. The third-order valence-electron chi connectivity index (χ3n) is 8.13. The molecule has 9 heteroatoms. The van der Waals surface area contributed by atoms with Gasteiger partial charge in [-0.1, -0.05) is 11.8 Å². The molecule has 1 amide bonds. The zero-order valence-electron chi connectivity index (χ0n) is 19.6. The molecule has 2 aromatic rings. The van der Waals surface area contributed by atoms with Crippen LogP contribution in [0, 0.1) is 17.8 Å². The summed E-state index contributed by atoms with van der Waals surface area (Å²) >= 11 is 2.78. The van der Waals surface area contributed by atoms with Gasteiger partial charge in [0, 0.05) is 10.3 Å². The first-order valence-electron chi connectivity index (χ1n) is 12.6. The Balaban J connectivity index is 1.12. The van der Waals surface area contributed by atoms with E-state index in [9.17, 15) is 9.59 Å². The summed E-state index contributed by atoms with van der Waals surface area (Å²) in [6.07, 6.45) is 11.6. The lowest BCUT2D eigenvalue weighted by Gasteiger charge is -2.55. The number of nitrogens with zero attached hydrogens (tertiary/aromatic N) is 2. The number of carbonyl (C=O) groups is 2. The minimum absolute atomic E-state index is 0.0629. The van der Waals surface area contributed by atoms with E-state index in [2.05, 4.69) is 15.5 Å². The SMILES string of the molecule is CCOC(=O)c1c(NC(=O)CSc2nnc(C34CC5CC(CC(C5)C3)C4)o2)sc2c1CCCC2. The maximum atomic E-state index is 12.8. The van der Waals surface area contributed by atoms with Gasteiger partial charge in [0.1, 0.15) is 5.00 Å². The van der Waals surface area contributed by atoms with Crippen molar-refractivity contribution in [1.29, 1.82) is 0 Å². The molecule has 0 unspecified atom stereocenters. The van der Waals surface area contributed by atoms with Crippen LogP contribution >= 0.6 is 23.1 Å². The van der Waals surface area contributed by atoms with Crippen molar-refractivity contribution in [3.8, 4) is 0 Å². The summed E-state index contributed by atoms with van der Waals surface area (Å²) < 4.78 is 11.4. The van der Waals surface area contributed by atoms with E-state index >= 15 is 0 Å². The van der Waals surface area contributed by atoms with Gasteiger partial charge in [-0.25, -0.2) is 4.79 Å². The second kappa shape index (κ2) is 8.97. The molecule has 4 fully saturated rings. The molecule has 182 valence electrons. The Labute approximate surface area is 207 Å². The fourth-order valence-electron chi connectivity index (χ4n) is 7.22. The molecule has 0 aromatic carbocycles. The van der Waals surface area contributed by atoms with E-state index in [1.165, 1.54) is 66.5 Å². The van der Waals surface area contributed by atoms with Crippen molar-refractivity contribution >= 4 is 40.0 Å². The first-order valence-corrected chi connectivity index (χ1v) is 14.4. The number of aromatic nitrogens is 2. The number of rotatable bonds is 7. The lowest BCUT2D eigenvalue weighted by Crippen LogP contribution is -2.48. The van der Waals surface area contributed by atoms with Crippen LogP contribution in [0.3, 0.4) is 0 Å². The molecule has 0 atom stereocenters. The standard InChI is InChI=1S/C25H31N3O4S2/c1-2-31-22(30)20-17-5-3-4-6-18(17)34-21(20)26-19(29)13-33-24-28-27-23(32-24)25-10-14-7-15(11-25)9-16(8-14)12-25/h14-16H,2-13H2,1H3,(H,26,29). The lowest BCUT2D eigenvalue weighted by atomic mass is 9.49. The maximum Gasteiger partial charge on any atom is 0.341 e. The van der Waals surface area contributed by atoms with Crippen LogP contribution in [-0.4, -0.2) is 34.4 Å². The lowest BCUT2D eigenvalue weighted by molar-refractivity contribution is -0.113. The summed E-state index contributed by atoms with van der Waals surface area (Å²) in [5.74, 6) is 2.85. The summed E-state index contributed by atoms with van der Waals surface area (Å²) in [4.78, 5) is 26.6. The fourth-order valence-corrected chi connectivity index (χ4v) is 9.07. The summed E-state index contributed by atoms with van der Waals surface area (Å²) in [6, 6.07) is 0. The van der Waals surface area contributed by atoms with Gasteiger partial charge in [-0.15, -0.1) is 21.5 Å². The van der Waals surface area contributed by atoms with E-state index in [1.807, 2.05) is 0 Å². The number of carbonyl (C=O) groups excluding carboxylic acids is 2. The molecule has 0 saturated heterocycles. The van der Waals surface area contributed by atoms with Crippen molar-refractivity contribution in [1.82, 2.24) is 10.2 Å². The van der Waals surface area contributed by atoms with Crippen LogP contribution in [-0.2, 0) is 27.8 Å². The van der Waals surface area contributed by atoms with Crippen LogP contribution < -0.4 is 5.32 Å². The van der Waals surface area contributed by atoms with Gasteiger partial charge in [0.25, 0.3) is 5.22 Å². The van der Waals surface area contributed by atoms with Crippen molar-refractivity contribution in [3.05, 3.63) is 21.9 Å². The molecule has 2 aromatic heterocycles. The number of nitrogens with one attached hydrogen (secondary N) is 1. The Morgan fingerprint density at radius 3 is 2.53 bits per heavy atom. The first-order chi connectivity index (χ1) is 16.5. The van der Waals surface area contributed by atoms with E-state index in [1.54, 1.807) is 6.92 Å². The zero-order valence-corrected chi connectivity index (χ0v) is 21.2. The van der Waals surface area contributed by atoms with E-state index in [0.717, 1.165) is 54.9 Å². The Morgan fingerprint density at radius 1 is 1.12 bits per heavy atom. The van der Waals surface area contributed by atoms with Gasteiger partial charge in [-0.05, 0) is 94.4 Å². The number of anilines is 1. The maximum absolute atomic E-state index is 12.8. The average molecular weight is 502 g/mol. The predicted molar refractivity (Wildman–Crippen MR) is 130 cm³/mol. The van der Waals surface area contributed by atoms with Crippen LogP contribution in [0.15, 0.2) is 9.64 Å². The molecular formula is C25H31N3O4S2. The molecule has 0 radical (unpaired) electrons. The smallest absolute Gasteiger partial charge is 0.341 e. The zero-order chi connectivity index (χ0) is 23.3. The largest absolute Gasteiger partial charge is 0.462 e. The second-order valence-corrected chi connectivity index (χ2v) is 12.6. The van der Waals surface area contributed by atoms with Crippen molar-refractivity contribution in [2.24, 2.45) is 17.8 Å². The summed E-state index contributed by atoms with van der Waals surface area (Å²) in [7, 11) is 0. The van der Waals surface area contributed by atoms with Crippen LogP contribution in [0.1, 0.15) is 85.0 Å². The second-order valence-electron chi connectivity index (χ2n) is 10.5. The van der Waals surface area contributed by atoms with Gasteiger partial charge in [0.05, 0.1) is 17.9 Å². The summed E-state index contributed by atoms with van der Waals surface area (Å²) in [6.45, 7) is 2.11. The van der Waals surface area contributed by atoms with Gasteiger partial charge in [-0.2, -0.15) is 0 Å². The Hall–Kier alpha value is -1.87. The number of thioether (sulfide) groups is 1.